The minimum atomic E-state index is -0.875. The summed E-state index contributed by atoms with van der Waals surface area (Å²) in [5, 5.41) is 7.82. The standard InChI is InChI=1S/C22H40N6O4/c1-3-22(9-6-7-15(2)11-22)12-17(27-19(30)14-26-18(29)13-24)21(32)28-16(20(25)31)8-4-5-10-23/h16-17H,2-14,23-24H2,1H3,(H2,25,31)(H,26,29)(H,27,30)(H,28,32). The molecule has 1 aliphatic carbocycles. The molecule has 3 atom stereocenters. The van der Waals surface area contributed by atoms with Gasteiger partial charge in [-0.15, -0.1) is 0 Å². The van der Waals surface area contributed by atoms with Gasteiger partial charge in [0.25, 0.3) is 0 Å². The van der Waals surface area contributed by atoms with Crippen molar-refractivity contribution in [2.75, 3.05) is 19.6 Å². The van der Waals surface area contributed by atoms with E-state index in [4.69, 9.17) is 17.2 Å². The molecule has 0 aromatic heterocycles. The van der Waals surface area contributed by atoms with Crippen molar-refractivity contribution in [1.29, 1.82) is 0 Å². The highest BCUT2D eigenvalue weighted by molar-refractivity contribution is 5.92. The fraction of sp³-hybridized carbons (Fsp3) is 0.727. The van der Waals surface area contributed by atoms with Crippen LogP contribution in [0.2, 0.25) is 0 Å². The lowest BCUT2D eigenvalue weighted by atomic mass is 9.67. The van der Waals surface area contributed by atoms with Gasteiger partial charge in [0.05, 0.1) is 13.1 Å². The number of rotatable bonds is 14. The quantitative estimate of drug-likeness (QED) is 0.153. The molecule has 182 valence electrons. The minimum Gasteiger partial charge on any atom is -0.368 e. The summed E-state index contributed by atoms with van der Waals surface area (Å²) in [6, 6.07) is -1.72. The monoisotopic (exact) mass is 452 g/mol. The first-order chi connectivity index (χ1) is 15.2. The van der Waals surface area contributed by atoms with E-state index in [0.717, 1.165) is 37.7 Å². The lowest BCUT2D eigenvalue weighted by molar-refractivity contribution is -0.132. The van der Waals surface area contributed by atoms with Crippen molar-refractivity contribution in [3.05, 3.63) is 12.2 Å². The zero-order valence-electron chi connectivity index (χ0n) is 19.2. The van der Waals surface area contributed by atoms with E-state index < -0.39 is 35.7 Å². The van der Waals surface area contributed by atoms with Gasteiger partial charge >= 0.3 is 0 Å². The smallest absolute Gasteiger partial charge is 0.243 e. The van der Waals surface area contributed by atoms with Crippen LogP contribution in [0.4, 0.5) is 0 Å². The van der Waals surface area contributed by atoms with Crippen LogP contribution in [0.15, 0.2) is 12.2 Å². The number of primary amides is 1. The van der Waals surface area contributed by atoms with Crippen LogP contribution in [0, 0.1) is 5.41 Å². The number of hydrogen-bond donors (Lipinski definition) is 6. The summed E-state index contributed by atoms with van der Waals surface area (Å²) in [7, 11) is 0. The Balaban J connectivity index is 2.97. The summed E-state index contributed by atoms with van der Waals surface area (Å²) < 4.78 is 0. The van der Waals surface area contributed by atoms with E-state index in [1.165, 1.54) is 0 Å². The Morgan fingerprint density at radius 3 is 2.38 bits per heavy atom. The largest absolute Gasteiger partial charge is 0.368 e. The fourth-order valence-electron chi connectivity index (χ4n) is 4.23. The Bertz CT molecular complexity index is 683. The average Bonchev–Trinajstić information content (AvgIpc) is 2.76. The summed E-state index contributed by atoms with van der Waals surface area (Å²) in [4.78, 5) is 48.8. The molecule has 0 saturated heterocycles. The van der Waals surface area contributed by atoms with Crippen molar-refractivity contribution < 1.29 is 19.2 Å². The average molecular weight is 453 g/mol. The van der Waals surface area contributed by atoms with Gasteiger partial charge in [-0.25, -0.2) is 0 Å². The van der Waals surface area contributed by atoms with Crippen LogP contribution in [0.3, 0.4) is 0 Å². The van der Waals surface area contributed by atoms with E-state index in [1.807, 2.05) is 0 Å². The predicted molar refractivity (Wildman–Crippen MR) is 123 cm³/mol. The molecule has 1 fully saturated rings. The minimum absolute atomic E-state index is 0.174. The van der Waals surface area contributed by atoms with Gasteiger partial charge in [0.1, 0.15) is 12.1 Å². The molecule has 0 aromatic carbocycles. The van der Waals surface area contributed by atoms with E-state index >= 15 is 0 Å². The molecule has 1 aliphatic rings. The molecule has 4 amide bonds. The van der Waals surface area contributed by atoms with Crippen LogP contribution in [-0.2, 0) is 19.2 Å². The molecule has 10 nitrogen and oxygen atoms in total. The van der Waals surface area contributed by atoms with Crippen molar-refractivity contribution in [2.45, 2.75) is 76.8 Å². The summed E-state index contributed by atoms with van der Waals surface area (Å²) >= 11 is 0. The Kier molecular flexibility index (Phi) is 11.9. The van der Waals surface area contributed by atoms with Crippen LogP contribution >= 0.6 is 0 Å². The Morgan fingerprint density at radius 1 is 1.09 bits per heavy atom. The third-order valence-corrected chi connectivity index (χ3v) is 6.14. The molecule has 10 heteroatoms. The highest BCUT2D eigenvalue weighted by Crippen LogP contribution is 2.44. The summed E-state index contributed by atoms with van der Waals surface area (Å²) in [6.07, 6.45) is 6.59. The van der Waals surface area contributed by atoms with Gasteiger partial charge in [0, 0.05) is 0 Å². The van der Waals surface area contributed by atoms with Crippen molar-refractivity contribution in [3.63, 3.8) is 0 Å². The van der Waals surface area contributed by atoms with Gasteiger partial charge in [0.15, 0.2) is 0 Å². The van der Waals surface area contributed by atoms with Gasteiger partial charge < -0.3 is 33.2 Å². The van der Waals surface area contributed by atoms with Gasteiger partial charge in [-0.05, 0) is 63.3 Å². The van der Waals surface area contributed by atoms with Gasteiger partial charge in [-0.2, -0.15) is 0 Å². The molecular weight excluding hydrogens is 412 g/mol. The second-order valence-electron chi connectivity index (χ2n) is 8.69. The maximum Gasteiger partial charge on any atom is 0.243 e. The Labute approximate surface area is 190 Å². The van der Waals surface area contributed by atoms with E-state index in [2.05, 4.69) is 29.5 Å². The molecule has 1 rings (SSSR count). The maximum absolute atomic E-state index is 13.1. The van der Waals surface area contributed by atoms with E-state index in [9.17, 15) is 19.2 Å². The van der Waals surface area contributed by atoms with Gasteiger partial charge in [0.2, 0.25) is 23.6 Å². The topological polar surface area (TPSA) is 182 Å². The number of carbonyl (C=O) groups is 4. The fourth-order valence-corrected chi connectivity index (χ4v) is 4.23. The second-order valence-corrected chi connectivity index (χ2v) is 8.69. The lowest BCUT2D eigenvalue weighted by Gasteiger charge is -2.40. The molecule has 0 radical (unpaired) electrons. The molecular formula is C22H40N6O4. The third-order valence-electron chi connectivity index (χ3n) is 6.14. The third kappa shape index (κ3) is 9.35. The number of carbonyl (C=O) groups excluding carboxylic acids is 4. The van der Waals surface area contributed by atoms with Gasteiger partial charge in [-0.3, -0.25) is 19.2 Å². The van der Waals surface area contributed by atoms with E-state index in [-0.39, 0.29) is 18.5 Å². The van der Waals surface area contributed by atoms with Crippen LogP contribution in [0.25, 0.3) is 0 Å². The van der Waals surface area contributed by atoms with Crippen molar-refractivity contribution in [2.24, 2.45) is 22.6 Å². The summed E-state index contributed by atoms with van der Waals surface area (Å²) in [5.41, 5.74) is 17.2. The first-order valence-electron chi connectivity index (χ1n) is 11.4. The van der Waals surface area contributed by atoms with E-state index in [1.54, 1.807) is 0 Å². The van der Waals surface area contributed by atoms with Gasteiger partial charge in [-0.1, -0.05) is 25.5 Å². The zero-order chi connectivity index (χ0) is 24.1. The normalized spacial score (nSPS) is 20.2. The highest BCUT2D eigenvalue weighted by atomic mass is 16.2. The molecule has 0 heterocycles. The molecule has 0 aromatic rings. The highest BCUT2D eigenvalue weighted by Gasteiger charge is 2.37. The van der Waals surface area contributed by atoms with Crippen molar-refractivity contribution >= 4 is 23.6 Å². The first-order valence-corrected chi connectivity index (χ1v) is 11.4. The molecule has 1 saturated carbocycles. The zero-order valence-corrected chi connectivity index (χ0v) is 19.2. The van der Waals surface area contributed by atoms with Crippen molar-refractivity contribution in [3.8, 4) is 0 Å². The Morgan fingerprint density at radius 2 is 1.81 bits per heavy atom. The summed E-state index contributed by atoms with van der Waals surface area (Å²) in [6.45, 7) is 6.15. The van der Waals surface area contributed by atoms with Crippen LogP contribution < -0.4 is 33.2 Å². The lowest BCUT2D eigenvalue weighted by Crippen LogP contribution is -2.55. The molecule has 0 aliphatic heterocycles. The number of nitrogens with one attached hydrogen (secondary N) is 3. The predicted octanol–water partition coefficient (Wildman–Crippen LogP) is -0.438. The molecule has 0 bridgehead atoms. The molecule has 0 spiro atoms. The first kappa shape index (κ1) is 27.6. The SMILES string of the molecule is C=C1CCCC(CC)(CC(NC(=O)CNC(=O)CN)C(=O)NC(CCCCN)C(N)=O)C1. The van der Waals surface area contributed by atoms with Crippen LogP contribution in [-0.4, -0.2) is 55.3 Å². The number of hydrogen-bond acceptors (Lipinski definition) is 6. The number of allylic oxidation sites excluding steroid dienone is 1. The summed E-state index contributed by atoms with van der Waals surface area (Å²) in [5.74, 6) is -2.08. The number of unbranched alkanes of at least 4 members (excludes halogenated alkanes) is 1. The van der Waals surface area contributed by atoms with Crippen LogP contribution in [0.5, 0.6) is 0 Å². The van der Waals surface area contributed by atoms with Crippen molar-refractivity contribution in [1.82, 2.24) is 16.0 Å². The molecule has 32 heavy (non-hydrogen) atoms. The molecule has 9 N–H and O–H groups in total. The van der Waals surface area contributed by atoms with Crippen LogP contribution in [0.1, 0.15) is 64.7 Å². The maximum atomic E-state index is 13.1. The van der Waals surface area contributed by atoms with E-state index in [0.29, 0.717) is 32.2 Å². The number of nitrogens with two attached hydrogens (primary N) is 3. The Hall–Kier alpha value is -2.46. The molecule has 3 unspecified atom stereocenters. The second kappa shape index (κ2) is 13.8. The number of amides is 4.